The summed E-state index contributed by atoms with van der Waals surface area (Å²) in [7, 11) is 1.59. The van der Waals surface area contributed by atoms with Gasteiger partial charge in [0.1, 0.15) is 5.75 Å². The number of anilines is 2. The second-order valence-corrected chi connectivity index (χ2v) is 3.77. The van der Waals surface area contributed by atoms with Crippen LogP contribution in [-0.2, 0) is 0 Å². The lowest BCUT2D eigenvalue weighted by Crippen LogP contribution is -1.96. The van der Waals surface area contributed by atoms with Crippen LogP contribution >= 0.6 is 11.6 Å². The Labute approximate surface area is 103 Å². The molecule has 0 aliphatic heterocycles. The molecule has 3 nitrogen and oxygen atoms in total. The molecular weight excluding hydrogens is 243 g/mol. The Morgan fingerprint density at radius 1 is 1.29 bits per heavy atom. The summed E-state index contributed by atoms with van der Waals surface area (Å²) in [4.78, 5) is 3.87. The topological polar surface area (TPSA) is 34.1 Å². The number of benzene rings is 1. The first-order chi connectivity index (χ1) is 8.19. The molecule has 0 aliphatic rings. The number of pyridine rings is 1. The average molecular weight is 253 g/mol. The summed E-state index contributed by atoms with van der Waals surface area (Å²) in [5.74, 6) is 0.382. The van der Waals surface area contributed by atoms with Crippen molar-refractivity contribution in [2.24, 2.45) is 0 Å². The molecule has 1 aromatic heterocycles. The second kappa shape index (κ2) is 5.01. The number of methoxy groups -OCH3 is 1. The van der Waals surface area contributed by atoms with E-state index in [0.717, 1.165) is 11.4 Å². The van der Waals surface area contributed by atoms with Crippen molar-refractivity contribution in [1.29, 1.82) is 0 Å². The van der Waals surface area contributed by atoms with Gasteiger partial charge in [0.25, 0.3) is 0 Å². The highest BCUT2D eigenvalue weighted by atomic mass is 35.5. The van der Waals surface area contributed by atoms with Crippen LogP contribution in [0.15, 0.2) is 36.5 Å². The van der Waals surface area contributed by atoms with E-state index in [2.05, 4.69) is 10.3 Å². The second-order valence-electron chi connectivity index (χ2n) is 3.34. The molecule has 2 aromatic rings. The predicted molar refractivity (Wildman–Crippen MR) is 65.5 cm³/mol. The lowest BCUT2D eigenvalue weighted by atomic mass is 10.3. The first-order valence-electron chi connectivity index (χ1n) is 4.91. The zero-order valence-corrected chi connectivity index (χ0v) is 9.83. The van der Waals surface area contributed by atoms with Gasteiger partial charge in [-0.05, 0) is 30.3 Å². The molecule has 5 heteroatoms. The summed E-state index contributed by atoms with van der Waals surface area (Å²) >= 11 is 5.61. The minimum Gasteiger partial charge on any atom is -0.497 e. The van der Waals surface area contributed by atoms with Crippen LogP contribution in [0.4, 0.5) is 15.9 Å². The Morgan fingerprint density at radius 3 is 2.59 bits per heavy atom. The zero-order valence-electron chi connectivity index (χ0n) is 9.08. The Bertz CT molecular complexity index is 516. The van der Waals surface area contributed by atoms with E-state index in [9.17, 15) is 4.39 Å². The summed E-state index contributed by atoms with van der Waals surface area (Å²) in [5, 5.41) is 3.12. The fraction of sp³-hybridized carbons (Fsp3) is 0.0833. The predicted octanol–water partition coefficient (Wildman–Crippen LogP) is 3.63. The highest BCUT2D eigenvalue weighted by Gasteiger charge is 2.04. The number of hydrogen-bond acceptors (Lipinski definition) is 3. The summed E-state index contributed by atoms with van der Waals surface area (Å²) in [5.41, 5.74) is 0.722. The Balaban J connectivity index is 2.19. The Hall–Kier alpha value is -1.81. The summed E-state index contributed by atoms with van der Waals surface area (Å²) in [6.07, 6.45) is 1.39. The third-order valence-electron chi connectivity index (χ3n) is 2.16. The number of nitrogens with zero attached hydrogens (tertiary/aromatic N) is 1. The molecule has 0 bridgehead atoms. The highest BCUT2D eigenvalue weighted by molar-refractivity contribution is 6.30. The summed E-state index contributed by atoms with van der Waals surface area (Å²) in [6, 6.07) is 8.30. The Morgan fingerprint density at radius 2 is 2.00 bits per heavy atom. The van der Waals surface area contributed by atoms with Gasteiger partial charge in [-0.2, -0.15) is 0 Å². The van der Waals surface area contributed by atoms with Gasteiger partial charge in [-0.25, -0.2) is 9.37 Å². The molecule has 0 aliphatic carbocycles. The van der Waals surface area contributed by atoms with Gasteiger partial charge in [0.05, 0.1) is 12.1 Å². The smallest absolute Gasteiger partial charge is 0.167 e. The van der Waals surface area contributed by atoms with E-state index < -0.39 is 5.82 Å². The molecule has 0 unspecified atom stereocenters. The fourth-order valence-corrected chi connectivity index (χ4v) is 1.46. The van der Waals surface area contributed by atoms with Crippen molar-refractivity contribution >= 4 is 23.1 Å². The molecule has 0 spiro atoms. The van der Waals surface area contributed by atoms with Gasteiger partial charge in [0.2, 0.25) is 0 Å². The van der Waals surface area contributed by atoms with Crippen LogP contribution in [-0.4, -0.2) is 12.1 Å². The quantitative estimate of drug-likeness (QED) is 0.906. The molecule has 1 aromatic carbocycles. The zero-order chi connectivity index (χ0) is 12.3. The molecule has 88 valence electrons. The molecule has 0 radical (unpaired) electrons. The third-order valence-corrected chi connectivity index (χ3v) is 2.37. The molecule has 1 N–H and O–H groups in total. The van der Waals surface area contributed by atoms with E-state index in [1.54, 1.807) is 31.4 Å². The minimum absolute atomic E-state index is 0.138. The maximum absolute atomic E-state index is 13.4. The van der Waals surface area contributed by atoms with Crippen molar-refractivity contribution in [3.63, 3.8) is 0 Å². The molecule has 0 fully saturated rings. The molecule has 0 amide bonds. The van der Waals surface area contributed by atoms with Crippen molar-refractivity contribution in [3.8, 4) is 5.75 Å². The van der Waals surface area contributed by atoms with Crippen molar-refractivity contribution in [2.45, 2.75) is 0 Å². The number of aromatic nitrogens is 1. The monoisotopic (exact) mass is 252 g/mol. The molecule has 0 atom stereocenters. The summed E-state index contributed by atoms with van der Waals surface area (Å²) < 4.78 is 18.5. The van der Waals surface area contributed by atoms with E-state index in [-0.39, 0.29) is 10.8 Å². The maximum atomic E-state index is 13.4. The minimum atomic E-state index is -0.492. The lowest BCUT2D eigenvalue weighted by Gasteiger charge is -2.07. The van der Waals surface area contributed by atoms with Crippen LogP contribution < -0.4 is 10.1 Å². The number of ether oxygens (including phenoxy) is 1. The van der Waals surface area contributed by atoms with E-state index in [4.69, 9.17) is 16.3 Å². The molecule has 17 heavy (non-hydrogen) atoms. The first-order valence-corrected chi connectivity index (χ1v) is 5.29. The van der Waals surface area contributed by atoms with Crippen LogP contribution in [0.25, 0.3) is 0 Å². The Kier molecular flexibility index (Phi) is 3.44. The van der Waals surface area contributed by atoms with Crippen molar-refractivity contribution in [1.82, 2.24) is 4.98 Å². The number of halogens is 2. The van der Waals surface area contributed by atoms with E-state index in [0.29, 0.717) is 0 Å². The van der Waals surface area contributed by atoms with Gasteiger partial charge >= 0.3 is 0 Å². The molecular formula is C12H10ClFN2O. The van der Waals surface area contributed by atoms with Gasteiger partial charge in [0, 0.05) is 11.9 Å². The third kappa shape index (κ3) is 2.85. The van der Waals surface area contributed by atoms with E-state index >= 15 is 0 Å². The SMILES string of the molecule is COc1ccc(Nc2ncc(Cl)cc2F)cc1. The van der Waals surface area contributed by atoms with Crippen LogP contribution in [0.1, 0.15) is 0 Å². The van der Waals surface area contributed by atoms with Crippen LogP contribution in [0.2, 0.25) is 5.02 Å². The van der Waals surface area contributed by atoms with E-state index in [1.165, 1.54) is 12.3 Å². The normalized spacial score (nSPS) is 10.1. The van der Waals surface area contributed by atoms with Crippen molar-refractivity contribution in [3.05, 3.63) is 47.4 Å². The highest BCUT2D eigenvalue weighted by Crippen LogP contribution is 2.21. The van der Waals surface area contributed by atoms with E-state index in [1.807, 2.05) is 0 Å². The first kappa shape index (κ1) is 11.7. The van der Waals surface area contributed by atoms with Crippen LogP contribution in [0, 0.1) is 5.82 Å². The van der Waals surface area contributed by atoms with Gasteiger partial charge in [-0.1, -0.05) is 11.6 Å². The lowest BCUT2D eigenvalue weighted by molar-refractivity contribution is 0.415. The number of hydrogen-bond donors (Lipinski definition) is 1. The van der Waals surface area contributed by atoms with Crippen LogP contribution in [0.3, 0.4) is 0 Å². The van der Waals surface area contributed by atoms with Gasteiger partial charge < -0.3 is 10.1 Å². The average Bonchev–Trinajstić information content (AvgIpc) is 2.34. The van der Waals surface area contributed by atoms with Gasteiger partial charge in [0.15, 0.2) is 11.6 Å². The maximum Gasteiger partial charge on any atom is 0.167 e. The number of nitrogens with one attached hydrogen (secondary N) is 1. The molecule has 0 saturated carbocycles. The van der Waals surface area contributed by atoms with Crippen LogP contribution in [0.5, 0.6) is 5.75 Å². The molecule has 2 rings (SSSR count). The fourth-order valence-electron chi connectivity index (χ4n) is 1.32. The summed E-state index contributed by atoms with van der Waals surface area (Å²) in [6.45, 7) is 0. The largest absolute Gasteiger partial charge is 0.497 e. The van der Waals surface area contributed by atoms with Gasteiger partial charge in [-0.15, -0.1) is 0 Å². The number of rotatable bonds is 3. The van der Waals surface area contributed by atoms with Gasteiger partial charge in [-0.3, -0.25) is 0 Å². The standard InChI is InChI=1S/C12H10ClFN2O/c1-17-10-4-2-9(3-5-10)16-12-11(14)6-8(13)7-15-12/h2-7H,1H3,(H,15,16). The molecule has 1 heterocycles. The van der Waals surface area contributed by atoms with Crippen molar-refractivity contribution < 1.29 is 9.13 Å². The van der Waals surface area contributed by atoms with Crippen molar-refractivity contribution in [2.75, 3.05) is 12.4 Å². The molecule has 0 saturated heterocycles.